The first-order valence-corrected chi connectivity index (χ1v) is 19.6. The Bertz CT molecular complexity index is 1960. The maximum absolute atomic E-state index is 13.7. The van der Waals surface area contributed by atoms with Gasteiger partial charge < -0.3 is 35.3 Å². The van der Waals surface area contributed by atoms with Gasteiger partial charge in [-0.15, -0.1) is 13.2 Å². The lowest BCUT2D eigenvalue weighted by atomic mass is 9.98. The van der Waals surface area contributed by atoms with Gasteiger partial charge in [-0.05, 0) is 78.1 Å². The number of benzene rings is 4. The van der Waals surface area contributed by atoms with E-state index in [1.54, 1.807) is 19.1 Å². The van der Waals surface area contributed by atoms with Crippen LogP contribution in [0.4, 0.5) is 4.79 Å². The topological polar surface area (TPSA) is 152 Å². The lowest BCUT2D eigenvalue weighted by Gasteiger charge is -2.24. The van der Waals surface area contributed by atoms with Gasteiger partial charge in [-0.2, -0.15) is 0 Å². The molecule has 0 aliphatic heterocycles. The number of nitrogens with one attached hydrogen (secondary N) is 3. The molecule has 4 atom stereocenters. The molecular weight excluding hydrogens is 735 g/mol. The predicted molar refractivity (Wildman–Crippen MR) is 223 cm³/mol. The van der Waals surface area contributed by atoms with E-state index in [0.29, 0.717) is 18.8 Å². The van der Waals surface area contributed by atoms with Crippen molar-refractivity contribution in [3.63, 3.8) is 0 Å². The number of esters is 1. The summed E-state index contributed by atoms with van der Waals surface area (Å²) in [4.78, 5) is 53.2. The van der Waals surface area contributed by atoms with E-state index >= 15 is 0 Å². The molecule has 4 N–H and O–H groups in total. The van der Waals surface area contributed by atoms with Crippen LogP contribution in [0.5, 0.6) is 5.75 Å². The molecule has 58 heavy (non-hydrogen) atoms. The maximum Gasteiger partial charge on any atom is 0.407 e. The molecule has 0 spiro atoms. The second-order valence-electron chi connectivity index (χ2n) is 14.4. The standard InChI is InChI=1S/C47H53N3O8/c1-4-6-21-43(50-47(55)58-31-42-40-19-12-10-17-38(40)39-18-11-13-20-41(39)42)46(54)57-30-36(49-45(53)35(14-5-2)27-44(52)48-32(3)28-51)26-33-22-24-37(25-23-33)56-29-34-15-8-7-9-16-34/h4-5,7-13,15-20,22-25,32,35-36,42-43,51H,1-2,6,14,21,26-31H2,3H3,(H,48,52)(H,49,53)(H,50,55)/t32-,35+,36-,43-/m0/s1. The predicted octanol–water partition coefficient (Wildman–Crippen LogP) is 6.79. The third kappa shape index (κ3) is 12.4. The van der Waals surface area contributed by atoms with Crippen molar-refractivity contribution in [1.82, 2.24) is 16.0 Å². The van der Waals surface area contributed by atoms with E-state index in [9.17, 15) is 24.3 Å². The highest BCUT2D eigenvalue weighted by Gasteiger charge is 2.31. The summed E-state index contributed by atoms with van der Waals surface area (Å²) in [6, 6.07) is 31.0. The number of carbonyl (C=O) groups excluding carboxylic acids is 4. The number of allylic oxidation sites excluding steroid dienone is 2. The van der Waals surface area contributed by atoms with Gasteiger partial charge in [-0.25, -0.2) is 9.59 Å². The van der Waals surface area contributed by atoms with Crippen LogP contribution in [-0.4, -0.2) is 66.9 Å². The summed E-state index contributed by atoms with van der Waals surface area (Å²) >= 11 is 0. The Kier molecular flexibility index (Phi) is 16.2. The Balaban J connectivity index is 1.24. The van der Waals surface area contributed by atoms with Gasteiger partial charge in [0.2, 0.25) is 11.8 Å². The Morgan fingerprint density at radius 3 is 2.07 bits per heavy atom. The molecule has 11 nitrogen and oxygen atoms in total. The van der Waals surface area contributed by atoms with Crippen LogP contribution in [-0.2, 0) is 36.9 Å². The largest absolute Gasteiger partial charge is 0.489 e. The van der Waals surface area contributed by atoms with Gasteiger partial charge in [0.05, 0.1) is 18.6 Å². The minimum atomic E-state index is -1.04. The summed E-state index contributed by atoms with van der Waals surface area (Å²) in [5.74, 6) is -1.75. The van der Waals surface area contributed by atoms with Gasteiger partial charge in [0, 0.05) is 18.4 Å². The van der Waals surface area contributed by atoms with Crippen LogP contribution < -0.4 is 20.7 Å². The Hall–Kier alpha value is -6.20. The summed E-state index contributed by atoms with van der Waals surface area (Å²) in [6.45, 7) is 9.20. The SMILES string of the molecule is C=CCC[C@H](NC(=O)OCC1c2ccccc2-c2ccccc21)C(=O)OC[C@H](Cc1ccc(OCc2ccccc2)cc1)NC(=O)[C@H](CC=C)CC(=O)N[C@@H](C)CO. The molecule has 4 aromatic carbocycles. The molecule has 1 aliphatic rings. The van der Waals surface area contributed by atoms with E-state index < -0.39 is 42.0 Å². The lowest BCUT2D eigenvalue weighted by molar-refractivity contribution is -0.147. The molecule has 0 fully saturated rings. The molecule has 0 saturated carbocycles. The van der Waals surface area contributed by atoms with E-state index in [0.717, 1.165) is 33.4 Å². The number of amides is 3. The molecule has 1 aliphatic carbocycles. The van der Waals surface area contributed by atoms with Crippen molar-refractivity contribution >= 4 is 23.9 Å². The highest BCUT2D eigenvalue weighted by molar-refractivity contribution is 5.86. The summed E-state index contributed by atoms with van der Waals surface area (Å²) in [5, 5.41) is 17.7. The fourth-order valence-electron chi connectivity index (χ4n) is 6.90. The van der Waals surface area contributed by atoms with Crippen molar-refractivity contribution in [2.75, 3.05) is 19.8 Å². The smallest absolute Gasteiger partial charge is 0.407 e. The fraction of sp³-hybridized carbons (Fsp3) is 0.319. The van der Waals surface area contributed by atoms with Crippen molar-refractivity contribution in [2.24, 2.45) is 5.92 Å². The summed E-state index contributed by atoms with van der Waals surface area (Å²) in [7, 11) is 0. The quantitative estimate of drug-likeness (QED) is 0.0502. The Labute approximate surface area is 340 Å². The van der Waals surface area contributed by atoms with Gasteiger partial charge in [-0.3, -0.25) is 9.59 Å². The normalized spacial score (nSPS) is 13.7. The number of ether oxygens (including phenoxy) is 3. The number of alkyl carbamates (subject to hydrolysis) is 1. The molecule has 0 saturated heterocycles. The zero-order valence-electron chi connectivity index (χ0n) is 32.9. The molecule has 11 heteroatoms. The van der Waals surface area contributed by atoms with Crippen molar-refractivity contribution in [3.05, 3.63) is 151 Å². The Morgan fingerprint density at radius 1 is 0.776 bits per heavy atom. The highest BCUT2D eigenvalue weighted by Crippen LogP contribution is 2.44. The molecule has 4 aromatic rings. The first kappa shape index (κ1) is 42.9. The molecule has 304 valence electrons. The molecule has 0 unspecified atom stereocenters. The minimum absolute atomic E-state index is 0.0795. The number of fused-ring (bicyclic) bond motifs is 3. The number of carbonyl (C=O) groups is 4. The number of aliphatic hydroxyl groups excluding tert-OH is 1. The second kappa shape index (κ2) is 21.9. The summed E-state index contributed by atoms with van der Waals surface area (Å²) < 4.78 is 17.5. The van der Waals surface area contributed by atoms with Crippen LogP contribution in [0, 0.1) is 5.92 Å². The van der Waals surface area contributed by atoms with Crippen LogP contribution in [0.2, 0.25) is 0 Å². The summed E-state index contributed by atoms with van der Waals surface area (Å²) in [6.07, 6.45) is 3.47. The van der Waals surface area contributed by atoms with E-state index in [1.807, 2.05) is 91.0 Å². The minimum Gasteiger partial charge on any atom is -0.489 e. The number of hydrogen-bond donors (Lipinski definition) is 4. The zero-order valence-corrected chi connectivity index (χ0v) is 32.9. The number of rotatable bonds is 22. The van der Waals surface area contributed by atoms with Gasteiger partial charge in [-0.1, -0.05) is 103 Å². The Morgan fingerprint density at radius 2 is 1.43 bits per heavy atom. The first-order chi connectivity index (χ1) is 28.2. The van der Waals surface area contributed by atoms with Gasteiger partial charge >= 0.3 is 12.1 Å². The maximum atomic E-state index is 13.7. The third-order valence-corrected chi connectivity index (χ3v) is 9.94. The average molecular weight is 788 g/mol. The van der Waals surface area contributed by atoms with Gasteiger partial charge in [0.25, 0.3) is 0 Å². The molecule has 0 heterocycles. The van der Waals surface area contributed by atoms with Crippen LogP contribution in [0.15, 0.2) is 128 Å². The summed E-state index contributed by atoms with van der Waals surface area (Å²) in [5.41, 5.74) is 6.20. The first-order valence-electron chi connectivity index (χ1n) is 19.6. The lowest BCUT2D eigenvalue weighted by Crippen LogP contribution is -2.47. The average Bonchev–Trinajstić information content (AvgIpc) is 3.56. The van der Waals surface area contributed by atoms with E-state index in [1.165, 1.54) is 0 Å². The van der Waals surface area contributed by atoms with E-state index in [4.69, 9.17) is 14.2 Å². The van der Waals surface area contributed by atoms with E-state index in [-0.39, 0.29) is 57.3 Å². The monoisotopic (exact) mass is 787 g/mol. The second-order valence-corrected chi connectivity index (χ2v) is 14.4. The number of aliphatic hydroxyl groups is 1. The molecule has 0 bridgehead atoms. The molecular formula is C47H53N3O8. The van der Waals surface area contributed by atoms with Gasteiger partial charge in [0.1, 0.15) is 31.6 Å². The molecule has 0 aromatic heterocycles. The highest BCUT2D eigenvalue weighted by atomic mass is 16.6. The molecule has 0 radical (unpaired) electrons. The van der Waals surface area contributed by atoms with Gasteiger partial charge in [0.15, 0.2) is 0 Å². The third-order valence-electron chi connectivity index (χ3n) is 9.94. The van der Waals surface area contributed by atoms with Crippen LogP contribution in [0.1, 0.15) is 60.8 Å². The van der Waals surface area contributed by atoms with Crippen molar-refractivity contribution in [3.8, 4) is 16.9 Å². The van der Waals surface area contributed by atoms with Crippen molar-refractivity contribution in [1.29, 1.82) is 0 Å². The fourth-order valence-corrected chi connectivity index (χ4v) is 6.90. The van der Waals surface area contributed by atoms with Crippen LogP contribution in [0.3, 0.4) is 0 Å². The van der Waals surface area contributed by atoms with Crippen molar-refractivity contribution in [2.45, 2.75) is 69.7 Å². The van der Waals surface area contributed by atoms with Crippen LogP contribution >= 0.6 is 0 Å². The van der Waals surface area contributed by atoms with E-state index in [2.05, 4.69) is 41.2 Å². The van der Waals surface area contributed by atoms with Crippen molar-refractivity contribution < 1.29 is 38.5 Å². The van der Waals surface area contributed by atoms with Crippen LogP contribution in [0.25, 0.3) is 11.1 Å². The molecule has 3 amide bonds. The number of hydrogen-bond acceptors (Lipinski definition) is 8. The zero-order chi connectivity index (χ0) is 41.3. The molecule has 5 rings (SSSR count).